The number of hydrogen-bond acceptors (Lipinski definition) is 2. The number of rotatable bonds is 3. The third-order valence-electron chi connectivity index (χ3n) is 4.79. The van der Waals surface area contributed by atoms with Crippen LogP contribution >= 0.6 is 0 Å². The zero-order chi connectivity index (χ0) is 17.1. The van der Waals surface area contributed by atoms with Gasteiger partial charge < -0.3 is 9.31 Å². The Bertz CT molecular complexity index is 772. The van der Waals surface area contributed by atoms with E-state index in [9.17, 15) is 0 Å². The summed E-state index contributed by atoms with van der Waals surface area (Å²) < 4.78 is 12.7. The molecular weight excluding hydrogens is 307 g/mol. The van der Waals surface area contributed by atoms with E-state index in [0.717, 1.165) is 11.9 Å². The number of aryl methyl sites for hydroxylation is 1. The molecule has 1 aliphatic heterocycles. The van der Waals surface area contributed by atoms with Gasteiger partial charge in [0.15, 0.2) is 0 Å². The van der Waals surface area contributed by atoms with Gasteiger partial charge in [-0.05, 0) is 23.5 Å². The highest BCUT2D eigenvalue weighted by atomic mass is 16.6. The highest BCUT2D eigenvalue weighted by Gasteiger charge is 2.37. The molecule has 0 N–H and O–H groups in total. The molecule has 0 aliphatic carbocycles. The lowest BCUT2D eigenvalue weighted by atomic mass is 9.73. The van der Waals surface area contributed by atoms with Crippen LogP contribution in [0.3, 0.4) is 0 Å². The van der Waals surface area contributed by atoms with Gasteiger partial charge in [-0.25, -0.2) is 0 Å². The largest absolute Gasteiger partial charge is 0.495 e. The van der Waals surface area contributed by atoms with Gasteiger partial charge in [-0.1, -0.05) is 90.5 Å². The van der Waals surface area contributed by atoms with Crippen molar-refractivity contribution in [2.24, 2.45) is 0 Å². The lowest BCUT2D eigenvalue weighted by Gasteiger charge is -2.35. The van der Waals surface area contributed by atoms with Gasteiger partial charge in [0.1, 0.15) is 0 Å². The maximum absolute atomic E-state index is 6.37. The van der Waals surface area contributed by atoms with Crippen LogP contribution in [0, 0.1) is 6.92 Å². The van der Waals surface area contributed by atoms with E-state index in [1.54, 1.807) is 0 Å². The summed E-state index contributed by atoms with van der Waals surface area (Å²) in [6.07, 6.45) is 0.852. The van der Waals surface area contributed by atoms with E-state index in [-0.39, 0.29) is 19.3 Å². The van der Waals surface area contributed by atoms with Crippen molar-refractivity contribution in [2.45, 2.75) is 25.6 Å². The highest BCUT2D eigenvalue weighted by Crippen LogP contribution is 2.37. The molecule has 25 heavy (non-hydrogen) atoms. The fraction of sp³-hybridized carbons (Fsp3) is 0.182. The first kappa shape index (κ1) is 16.1. The zero-order valence-electron chi connectivity index (χ0n) is 14.3. The third-order valence-corrected chi connectivity index (χ3v) is 4.79. The van der Waals surface area contributed by atoms with Gasteiger partial charge in [0.05, 0.1) is 12.2 Å². The Morgan fingerprint density at radius 3 is 1.68 bits per heavy atom. The van der Waals surface area contributed by atoms with Crippen molar-refractivity contribution in [2.75, 3.05) is 0 Å². The van der Waals surface area contributed by atoms with Crippen LogP contribution in [0.5, 0.6) is 0 Å². The van der Waals surface area contributed by atoms with Gasteiger partial charge >= 0.3 is 7.12 Å². The molecule has 0 saturated carbocycles. The second kappa shape index (κ2) is 7.26. The standard InChI is InChI=1S/C22H21BO2/c1-17-10-8-9-15-20(17)23-24-21(18-11-4-2-5-12-18)16-22(25-23)19-13-6-3-7-14-19/h2-15,21-22H,16H2,1H3. The average molecular weight is 328 g/mol. The minimum absolute atomic E-state index is 0.0183. The molecule has 2 unspecified atom stereocenters. The van der Waals surface area contributed by atoms with Gasteiger partial charge in [0.25, 0.3) is 0 Å². The molecule has 1 aliphatic rings. The molecule has 0 spiro atoms. The van der Waals surface area contributed by atoms with E-state index < -0.39 is 0 Å². The molecule has 0 amide bonds. The second-order valence-electron chi connectivity index (χ2n) is 6.50. The second-order valence-corrected chi connectivity index (χ2v) is 6.50. The van der Waals surface area contributed by atoms with Gasteiger partial charge in [0, 0.05) is 6.42 Å². The van der Waals surface area contributed by atoms with E-state index in [1.807, 2.05) is 24.3 Å². The molecule has 3 heteroatoms. The first-order valence-electron chi connectivity index (χ1n) is 8.77. The normalized spacial score (nSPS) is 20.4. The monoisotopic (exact) mass is 328 g/mol. The van der Waals surface area contributed by atoms with E-state index in [4.69, 9.17) is 9.31 Å². The molecule has 3 aromatic rings. The molecule has 3 aromatic carbocycles. The maximum Gasteiger partial charge on any atom is 0.495 e. The van der Waals surface area contributed by atoms with Gasteiger partial charge in [0.2, 0.25) is 0 Å². The summed E-state index contributed by atoms with van der Waals surface area (Å²) in [4.78, 5) is 0. The average Bonchev–Trinajstić information content (AvgIpc) is 2.69. The molecule has 0 aromatic heterocycles. The van der Waals surface area contributed by atoms with Crippen LogP contribution in [0.15, 0.2) is 84.9 Å². The van der Waals surface area contributed by atoms with Crippen LogP contribution in [0.2, 0.25) is 0 Å². The fourth-order valence-corrected chi connectivity index (χ4v) is 3.40. The van der Waals surface area contributed by atoms with Gasteiger partial charge in [-0.15, -0.1) is 0 Å². The first-order chi connectivity index (χ1) is 12.3. The summed E-state index contributed by atoms with van der Waals surface area (Å²) in [7, 11) is -0.356. The van der Waals surface area contributed by atoms with Crippen LogP contribution in [-0.4, -0.2) is 7.12 Å². The SMILES string of the molecule is Cc1ccccc1B1OC(c2ccccc2)CC(c2ccccc2)O1. The van der Waals surface area contributed by atoms with Crippen LogP contribution < -0.4 is 5.46 Å². The summed E-state index contributed by atoms with van der Waals surface area (Å²) in [5.41, 5.74) is 4.69. The molecule has 1 heterocycles. The number of hydrogen-bond donors (Lipinski definition) is 0. The predicted octanol–water partition coefficient (Wildman–Crippen LogP) is 4.61. The Kier molecular flexibility index (Phi) is 4.69. The Labute approximate surface area is 149 Å². The molecular formula is C22H21BO2. The maximum atomic E-state index is 6.37. The Morgan fingerprint density at radius 1 is 0.680 bits per heavy atom. The summed E-state index contributed by atoms with van der Waals surface area (Å²) in [5.74, 6) is 0. The Hall–Kier alpha value is -2.36. The van der Waals surface area contributed by atoms with Crippen molar-refractivity contribution >= 4 is 12.6 Å². The van der Waals surface area contributed by atoms with Crippen LogP contribution in [-0.2, 0) is 9.31 Å². The first-order valence-corrected chi connectivity index (χ1v) is 8.77. The smallest absolute Gasteiger partial charge is 0.400 e. The fourth-order valence-electron chi connectivity index (χ4n) is 3.40. The van der Waals surface area contributed by atoms with Crippen molar-refractivity contribution in [3.8, 4) is 0 Å². The Morgan fingerprint density at radius 2 is 1.16 bits per heavy atom. The minimum Gasteiger partial charge on any atom is -0.400 e. The van der Waals surface area contributed by atoms with Crippen molar-refractivity contribution in [1.29, 1.82) is 0 Å². The van der Waals surface area contributed by atoms with Crippen LogP contribution in [0.4, 0.5) is 0 Å². The van der Waals surface area contributed by atoms with Crippen molar-refractivity contribution < 1.29 is 9.31 Å². The molecule has 4 rings (SSSR count). The number of benzene rings is 3. The molecule has 124 valence electrons. The topological polar surface area (TPSA) is 18.5 Å². The molecule has 2 nitrogen and oxygen atoms in total. The lowest BCUT2D eigenvalue weighted by Crippen LogP contribution is -2.44. The summed E-state index contributed by atoms with van der Waals surface area (Å²) >= 11 is 0. The van der Waals surface area contributed by atoms with E-state index in [0.29, 0.717) is 0 Å². The quantitative estimate of drug-likeness (QED) is 0.654. The molecule has 0 radical (unpaired) electrons. The van der Waals surface area contributed by atoms with Gasteiger partial charge in [-0.3, -0.25) is 0 Å². The molecule has 0 bridgehead atoms. The van der Waals surface area contributed by atoms with Crippen molar-refractivity contribution in [3.63, 3.8) is 0 Å². The molecule has 1 saturated heterocycles. The molecule has 2 atom stereocenters. The van der Waals surface area contributed by atoms with Crippen LogP contribution in [0.1, 0.15) is 35.3 Å². The van der Waals surface area contributed by atoms with Crippen molar-refractivity contribution in [1.82, 2.24) is 0 Å². The summed E-state index contributed by atoms with van der Waals surface area (Å²) in [6, 6.07) is 29.1. The van der Waals surface area contributed by atoms with E-state index in [2.05, 4.69) is 67.6 Å². The predicted molar refractivity (Wildman–Crippen MR) is 102 cm³/mol. The Balaban J connectivity index is 1.69. The van der Waals surface area contributed by atoms with Gasteiger partial charge in [-0.2, -0.15) is 0 Å². The third kappa shape index (κ3) is 3.53. The van der Waals surface area contributed by atoms with E-state index in [1.165, 1.54) is 16.7 Å². The lowest BCUT2D eigenvalue weighted by molar-refractivity contribution is 0.0206. The minimum atomic E-state index is -0.356. The summed E-state index contributed by atoms with van der Waals surface area (Å²) in [5, 5.41) is 0. The van der Waals surface area contributed by atoms with Crippen LogP contribution in [0.25, 0.3) is 0 Å². The van der Waals surface area contributed by atoms with Crippen molar-refractivity contribution in [3.05, 3.63) is 102 Å². The molecule has 1 fully saturated rings. The zero-order valence-corrected chi connectivity index (χ0v) is 14.3. The highest BCUT2D eigenvalue weighted by molar-refractivity contribution is 6.62. The summed E-state index contributed by atoms with van der Waals surface area (Å²) in [6.45, 7) is 2.10. The van der Waals surface area contributed by atoms with E-state index >= 15 is 0 Å².